The van der Waals surface area contributed by atoms with E-state index in [1.807, 2.05) is 0 Å². The Morgan fingerprint density at radius 3 is 2.67 bits per heavy atom. The van der Waals surface area contributed by atoms with Crippen LogP contribution in [0, 0.1) is 10.1 Å². The van der Waals surface area contributed by atoms with Crippen LogP contribution in [0.5, 0.6) is 0 Å². The summed E-state index contributed by atoms with van der Waals surface area (Å²) in [5, 5.41) is 13.4. The lowest BCUT2D eigenvalue weighted by Crippen LogP contribution is -2.21. The minimum atomic E-state index is -2.78. The summed E-state index contributed by atoms with van der Waals surface area (Å²) < 4.78 is 30.5. The van der Waals surface area contributed by atoms with E-state index in [1.165, 1.54) is 19.2 Å². The number of rotatable bonds is 6. The minimum Gasteiger partial charge on any atom is -0.383 e. The quantitative estimate of drug-likeness (QED) is 0.630. The molecule has 0 radical (unpaired) electrons. The fourth-order valence-electron chi connectivity index (χ4n) is 1.53. The lowest BCUT2D eigenvalue weighted by molar-refractivity contribution is -0.385. The van der Waals surface area contributed by atoms with Gasteiger partial charge in [-0.2, -0.15) is 0 Å². The SMILES string of the molecule is COCC(C)Nc1ccc([N+](=O)[O-])cc1C(F)F. The van der Waals surface area contributed by atoms with E-state index in [-0.39, 0.29) is 23.0 Å². The Hall–Kier alpha value is -1.76. The Bertz CT molecular complexity index is 427. The molecular formula is C11H14F2N2O3. The summed E-state index contributed by atoms with van der Waals surface area (Å²) in [6.07, 6.45) is -2.78. The molecule has 0 aliphatic rings. The molecule has 1 atom stereocenters. The van der Waals surface area contributed by atoms with Gasteiger partial charge in [0.25, 0.3) is 12.1 Å². The van der Waals surface area contributed by atoms with Gasteiger partial charge in [-0.25, -0.2) is 8.78 Å². The van der Waals surface area contributed by atoms with Gasteiger partial charge in [0.2, 0.25) is 0 Å². The van der Waals surface area contributed by atoms with Crippen LogP contribution < -0.4 is 5.32 Å². The zero-order chi connectivity index (χ0) is 13.7. The smallest absolute Gasteiger partial charge is 0.270 e. The first kappa shape index (κ1) is 14.3. The molecule has 18 heavy (non-hydrogen) atoms. The molecule has 1 unspecified atom stereocenters. The topological polar surface area (TPSA) is 64.4 Å². The maximum absolute atomic E-state index is 12.8. The van der Waals surface area contributed by atoms with E-state index < -0.39 is 11.3 Å². The van der Waals surface area contributed by atoms with Gasteiger partial charge in [0.15, 0.2) is 0 Å². The number of ether oxygens (including phenoxy) is 1. The van der Waals surface area contributed by atoms with Crippen molar-refractivity contribution in [2.75, 3.05) is 19.0 Å². The van der Waals surface area contributed by atoms with Crippen molar-refractivity contribution in [1.82, 2.24) is 0 Å². The Balaban J connectivity index is 3.00. The molecule has 0 bridgehead atoms. The molecule has 1 rings (SSSR count). The second-order valence-electron chi connectivity index (χ2n) is 3.83. The molecule has 1 N–H and O–H groups in total. The summed E-state index contributed by atoms with van der Waals surface area (Å²) in [5.74, 6) is 0. The molecule has 0 aromatic heterocycles. The van der Waals surface area contributed by atoms with Gasteiger partial charge < -0.3 is 10.1 Å². The van der Waals surface area contributed by atoms with E-state index in [2.05, 4.69) is 5.32 Å². The minimum absolute atomic E-state index is 0.172. The van der Waals surface area contributed by atoms with Crippen LogP contribution in [-0.2, 0) is 4.74 Å². The van der Waals surface area contributed by atoms with Crippen LogP contribution in [0.25, 0.3) is 0 Å². The summed E-state index contributed by atoms with van der Waals surface area (Å²) >= 11 is 0. The van der Waals surface area contributed by atoms with Crippen LogP contribution in [-0.4, -0.2) is 24.7 Å². The van der Waals surface area contributed by atoms with Gasteiger partial charge in [-0.3, -0.25) is 10.1 Å². The number of methoxy groups -OCH3 is 1. The second-order valence-corrected chi connectivity index (χ2v) is 3.83. The van der Waals surface area contributed by atoms with Crippen molar-refractivity contribution in [2.45, 2.75) is 19.4 Å². The highest BCUT2D eigenvalue weighted by Crippen LogP contribution is 2.31. The summed E-state index contributed by atoms with van der Waals surface area (Å²) in [6, 6.07) is 3.18. The standard InChI is InChI=1S/C11H14F2N2O3/c1-7(6-18-2)14-10-4-3-8(15(16)17)5-9(10)11(12)13/h3-5,7,11,14H,6H2,1-2H3. The number of benzene rings is 1. The van der Waals surface area contributed by atoms with Crippen molar-refractivity contribution in [2.24, 2.45) is 0 Å². The Kier molecular flexibility index (Phi) is 4.96. The van der Waals surface area contributed by atoms with Crippen molar-refractivity contribution in [3.63, 3.8) is 0 Å². The number of hydrogen-bond donors (Lipinski definition) is 1. The van der Waals surface area contributed by atoms with Crippen LogP contribution in [0.1, 0.15) is 18.9 Å². The molecule has 100 valence electrons. The number of hydrogen-bond acceptors (Lipinski definition) is 4. The van der Waals surface area contributed by atoms with Crippen molar-refractivity contribution in [3.8, 4) is 0 Å². The first-order valence-electron chi connectivity index (χ1n) is 5.27. The first-order chi connectivity index (χ1) is 8.45. The lowest BCUT2D eigenvalue weighted by Gasteiger charge is -2.17. The van der Waals surface area contributed by atoms with Gasteiger partial charge in [-0.05, 0) is 13.0 Å². The third-order valence-electron chi connectivity index (χ3n) is 2.30. The van der Waals surface area contributed by atoms with E-state index in [4.69, 9.17) is 4.74 Å². The Labute approximate surface area is 103 Å². The summed E-state index contributed by atoms with van der Waals surface area (Å²) in [5.41, 5.74) is -0.553. The molecule has 0 aliphatic heterocycles. The molecule has 1 aromatic carbocycles. The predicted molar refractivity (Wildman–Crippen MR) is 63.0 cm³/mol. The van der Waals surface area contributed by atoms with Gasteiger partial charge in [0.05, 0.1) is 11.5 Å². The normalized spacial score (nSPS) is 12.5. The van der Waals surface area contributed by atoms with Gasteiger partial charge in [0, 0.05) is 36.5 Å². The third kappa shape index (κ3) is 3.63. The average molecular weight is 260 g/mol. The van der Waals surface area contributed by atoms with Crippen LogP contribution in [0.15, 0.2) is 18.2 Å². The number of halogens is 2. The summed E-state index contributed by atoms with van der Waals surface area (Å²) in [7, 11) is 1.50. The molecule has 0 amide bonds. The average Bonchev–Trinajstić information content (AvgIpc) is 2.29. The molecule has 0 saturated carbocycles. The summed E-state index contributed by atoms with van der Waals surface area (Å²) in [6.45, 7) is 2.11. The number of nitrogens with one attached hydrogen (secondary N) is 1. The zero-order valence-electron chi connectivity index (χ0n) is 10.0. The number of anilines is 1. The van der Waals surface area contributed by atoms with Crippen molar-refractivity contribution >= 4 is 11.4 Å². The zero-order valence-corrected chi connectivity index (χ0v) is 10.0. The molecule has 0 aliphatic carbocycles. The molecule has 0 fully saturated rings. The largest absolute Gasteiger partial charge is 0.383 e. The van der Waals surface area contributed by atoms with Gasteiger partial charge in [0.1, 0.15) is 0 Å². The lowest BCUT2D eigenvalue weighted by atomic mass is 10.1. The summed E-state index contributed by atoms with van der Waals surface area (Å²) in [4.78, 5) is 9.83. The predicted octanol–water partition coefficient (Wildman–Crippen LogP) is 2.98. The van der Waals surface area contributed by atoms with Gasteiger partial charge in [-0.15, -0.1) is 0 Å². The fourth-order valence-corrected chi connectivity index (χ4v) is 1.53. The van der Waals surface area contributed by atoms with E-state index in [9.17, 15) is 18.9 Å². The van der Waals surface area contributed by atoms with Crippen molar-refractivity contribution < 1.29 is 18.4 Å². The van der Waals surface area contributed by atoms with E-state index in [1.54, 1.807) is 6.92 Å². The molecule has 7 heteroatoms. The Morgan fingerprint density at radius 2 is 2.17 bits per heavy atom. The van der Waals surface area contributed by atoms with E-state index in [0.29, 0.717) is 6.61 Å². The molecular weight excluding hydrogens is 246 g/mol. The van der Waals surface area contributed by atoms with Crippen LogP contribution in [0.2, 0.25) is 0 Å². The van der Waals surface area contributed by atoms with E-state index >= 15 is 0 Å². The number of non-ortho nitro benzene ring substituents is 1. The van der Waals surface area contributed by atoms with Crippen LogP contribution in [0.4, 0.5) is 20.2 Å². The van der Waals surface area contributed by atoms with Crippen molar-refractivity contribution in [1.29, 1.82) is 0 Å². The highest BCUT2D eigenvalue weighted by molar-refractivity contribution is 5.57. The fraction of sp³-hybridized carbons (Fsp3) is 0.455. The number of nitro benzene ring substituents is 1. The third-order valence-corrected chi connectivity index (χ3v) is 2.30. The number of nitrogens with zero attached hydrogens (tertiary/aromatic N) is 1. The number of nitro groups is 1. The first-order valence-corrected chi connectivity index (χ1v) is 5.27. The number of alkyl halides is 2. The highest BCUT2D eigenvalue weighted by atomic mass is 19.3. The molecule has 0 saturated heterocycles. The molecule has 0 spiro atoms. The van der Waals surface area contributed by atoms with Crippen LogP contribution in [0.3, 0.4) is 0 Å². The van der Waals surface area contributed by atoms with Gasteiger partial charge in [-0.1, -0.05) is 0 Å². The van der Waals surface area contributed by atoms with Crippen molar-refractivity contribution in [3.05, 3.63) is 33.9 Å². The van der Waals surface area contributed by atoms with E-state index in [0.717, 1.165) is 6.07 Å². The second kappa shape index (κ2) is 6.25. The monoisotopic (exact) mass is 260 g/mol. The molecule has 0 heterocycles. The molecule has 1 aromatic rings. The molecule has 5 nitrogen and oxygen atoms in total. The maximum Gasteiger partial charge on any atom is 0.270 e. The van der Waals surface area contributed by atoms with Gasteiger partial charge >= 0.3 is 0 Å². The highest BCUT2D eigenvalue weighted by Gasteiger charge is 2.18. The van der Waals surface area contributed by atoms with Crippen LogP contribution >= 0.6 is 0 Å². The maximum atomic E-state index is 12.8. The Morgan fingerprint density at radius 1 is 1.50 bits per heavy atom.